The summed E-state index contributed by atoms with van der Waals surface area (Å²) in [4.78, 5) is 24.8. The van der Waals surface area contributed by atoms with Crippen LogP contribution in [0.15, 0.2) is 72.8 Å². The van der Waals surface area contributed by atoms with Crippen molar-refractivity contribution in [1.82, 2.24) is 0 Å². The molecule has 4 nitrogen and oxygen atoms in total. The monoisotopic (exact) mass is 428 g/mol. The van der Waals surface area contributed by atoms with E-state index >= 15 is 0 Å². The van der Waals surface area contributed by atoms with E-state index in [0.29, 0.717) is 5.56 Å². The molecule has 0 spiro atoms. The van der Waals surface area contributed by atoms with E-state index in [1.165, 1.54) is 0 Å². The van der Waals surface area contributed by atoms with Crippen molar-refractivity contribution >= 4 is 30.3 Å². The number of fused-ring (bicyclic) bond motifs is 2. The Balaban J connectivity index is 1.47. The summed E-state index contributed by atoms with van der Waals surface area (Å²) in [5, 5.41) is 0. The molecule has 4 atom stereocenters. The Labute approximate surface area is 164 Å². The van der Waals surface area contributed by atoms with Crippen LogP contribution in [0.25, 0.3) is 0 Å². The molecule has 0 N–H and O–H groups in total. The van der Waals surface area contributed by atoms with Crippen LogP contribution in [-0.2, 0) is 9.47 Å². The second-order valence-corrected chi connectivity index (χ2v) is 8.89. The third kappa shape index (κ3) is 4.15. The summed E-state index contributed by atoms with van der Waals surface area (Å²) in [6.07, 6.45) is 5.29. The van der Waals surface area contributed by atoms with E-state index < -0.39 is 27.2 Å². The molecule has 0 radical (unpaired) electrons. The summed E-state index contributed by atoms with van der Waals surface area (Å²) in [5.41, 5.74) is 0.515. The second-order valence-electron chi connectivity index (χ2n) is 6.77. The average Bonchev–Trinajstić information content (AvgIpc) is 2.72. The summed E-state index contributed by atoms with van der Waals surface area (Å²) in [5.74, 6) is -0.153. The van der Waals surface area contributed by atoms with Crippen LogP contribution < -0.4 is 4.46 Å². The summed E-state index contributed by atoms with van der Waals surface area (Å²) >= 11 is -0.407. The Morgan fingerprint density at radius 2 is 1.33 bits per heavy atom. The Morgan fingerprint density at radius 3 is 1.93 bits per heavy atom. The minimum atomic E-state index is -0.419. The topological polar surface area (TPSA) is 52.6 Å². The van der Waals surface area contributed by atoms with Gasteiger partial charge in [-0.2, -0.15) is 0 Å². The Morgan fingerprint density at radius 1 is 0.778 bits per heavy atom. The van der Waals surface area contributed by atoms with Crippen molar-refractivity contribution in [3.8, 4) is 0 Å². The van der Waals surface area contributed by atoms with Gasteiger partial charge in [0.1, 0.15) is 0 Å². The third-order valence-electron chi connectivity index (χ3n) is 5.04. The number of esters is 1. The van der Waals surface area contributed by atoms with Gasteiger partial charge in [-0.3, -0.25) is 0 Å². The normalized spacial score (nSPS) is 25.8. The van der Waals surface area contributed by atoms with Gasteiger partial charge < -0.3 is 0 Å². The van der Waals surface area contributed by atoms with E-state index in [9.17, 15) is 9.59 Å². The molecule has 1 fully saturated rings. The number of benzene rings is 2. The number of carbonyl (C=O) groups excluding carboxylic acids is 2. The zero-order valence-corrected chi connectivity index (χ0v) is 16.4. The maximum absolute atomic E-state index is 12.5. The molecule has 0 unspecified atom stereocenters. The third-order valence-corrected chi connectivity index (χ3v) is 6.65. The van der Waals surface area contributed by atoms with E-state index in [-0.39, 0.29) is 22.7 Å². The van der Waals surface area contributed by atoms with E-state index in [1.54, 1.807) is 12.1 Å². The molecule has 0 heterocycles. The molecular weight excluding hydrogens is 407 g/mol. The average molecular weight is 427 g/mol. The number of hydrogen-bond donors (Lipinski definition) is 0. The first-order valence-corrected chi connectivity index (χ1v) is 10.8. The van der Waals surface area contributed by atoms with Crippen LogP contribution in [0.5, 0.6) is 0 Å². The molecule has 2 aromatic rings. The van der Waals surface area contributed by atoms with E-state index in [2.05, 4.69) is 12.2 Å². The van der Waals surface area contributed by atoms with Gasteiger partial charge in [0, 0.05) is 0 Å². The first kappa shape index (κ1) is 18.0. The van der Waals surface area contributed by atoms with Crippen molar-refractivity contribution in [3.05, 3.63) is 78.4 Å². The molecule has 3 aliphatic carbocycles. The molecule has 0 aromatic heterocycles. The zero-order chi connectivity index (χ0) is 18.6. The molecule has 5 heteroatoms. The molecule has 27 heavy (non-hydrogen) atoms. The molecular formula is C22H20O4Se. The number of rotatable bonds is 5. The SMILES string of the molecule is O=C(O[C@@H]1[C@H](OC(=O)c2ccccc2)[C@@H]2C=C[C@H]1CC2)[Se]c1ccccc1. The molecule has 1 saturated carbocycles. The van der Waals surface area contributed by atoms with Crippen LogP contribution in [0, 0.1) is 11.8 Å². The summed E-state index contributed by atoms with van der Waals surface area (Å²) in [6, 6.07) is 18.6. The first-order valence-electron chi connectivity index (χ1n) is 9.08. The molecule has 0 saturated heterocycles. The van der Waals surface area contributed by atoms with Crippen molar-refractivity contribution in [2.45, 2.75) is 25.0 Å². The van der Waals surface area contributed by atoms with Crippen molar-refractivity contribution in [2.75, 3.05) is 0 Å². The summed E-state index contributed by atoms with van der Waals surface area (Å²) in [7, 11) is 0. The quantitative estimate of drug-likeness (QED) is 0.417. The van der Waals surface area contributed by atoms with Crippen molar-refractivity contribution in [3.63, 3.8) is 0 Å². The van der Waals surface area contributed by atoms with Gasteiger partial charge in [-0.25, -0.2) is 0 Å². The van der Waals surface area contributed by atoms with Gasteiger partial charge in [0.25, 0.3) is 0 Å². The van der Waals surface area contributed by atoms with Crippen LogP contribution >= 0.6 is 0 Å². The van der Waals surface area contributed by atoms with Crippen molar-refractivity contribution in [2.24, 2.45) is 11.8 Å². The van der Waals surface area contributed by atoms with E-state index in [0.717, 1.165) is 17.3 Å². The fraction of sp³-hybridized carbons (Fsp3) is 0.273. The first-order chi connectivity index (χ1) is 13.2. The predicted octanol–water partition coefficient (Wildman–Crippen LogP) is 3.34. The van der Waals surface area contributed by atoms with Gasteiger partial charge >= 0.3 is 165 Å². The molecule has 138 valence electrons. The fourth-order valence-corrected chi connectivity index (χ4v) is 5.05. The predicted molar refractivity (Wildman–Crippen MR) is 103 cm³/mol. The molecule has 2 bridgehead atoms. The Kier molecular flexibility index (Phi) is 5.42. The molecule has 2 aromatic carbocycles. The van der Waals surface area contributed by atoms with Gasteiger partial charge in [0.05, 0.1) is 0 Å². The fourth-order valence-electron chi connectivity index (χ4n) is 3.69. The summed E-state index contributed by atoms with van der Waals surface area (Å²) < 4.78 is 12.6. The minimum absolute atomic E-state index is 0.102. The van der Waals surface area contributed by atoms with E-state index in [4.69, 9.17) is 9.47 Å². The standard InChI is InChI=1S/C22H20O4Se/c23-21(17-7-3-1-4-8-17)25-19-15-11-13-16(14-12-15)20(19)26-22(24)27-18-9-5-2-6-10-18/h1-11,13,15-16,19-20H,12,14H2/t15-,16+,19-,20+/m1/s1. The van der Waals surface area contributed by atoms with Crippen LogP contribution in [0.3, 0.4) is 0 Å². The zero-order valence-electron chi connectivity index (χ0n) is 14.7. The second kappa shape index (κ2) is 8.12. The van der Waals surface area contributed by atoms with Crippen LogP contribution in [0.1, 0.15) is 23.2 Å². The van der Waals surface area contributed by atoms with Crippen LogP contribution in [0.2, 0.25) is 0 Å². The molecule has 5 rings (SSSR count). The van der Waals surface area contributed by atoms with Crippen molar-refractivity contribution in [1.29, 1.82) is 0 Å². The van der Waals surface area contributed by atoms with Gasteiger partial charge in [-0.05, 0) is 0 Å². The molecule has 3 aliphatic rings. The maximum atomic E-state index is 12.5. The van der Waals surface area contributed by atoms with Gasteiger partial charge in [-0.1, -0.05) is 0 Å². The van der Waals surface area contributed by atoms with Gasteiger partial charge in [0.15, 0.2) is 0 Å². The molecule has 0 amide bonds. The van der Waals surface area contributed by atoms with Gasteiger partial charge in [0.2, 0.25) is 0 Å². The van der Waals surface area contributed by atoms with Crippen LogP contribution in [-0.4, -0.2) is 38.0 Å². The van der Waals surface area contributed by atoms with Gasteiger partial charge in [-0.15, -0.1) is 0 Å². The number of hydrogen-bond acceptors (Lipinski definition) is 4. The summed E-state index contributed by atoms with van der Waals surface area (Å²) in [6.45, 7) is 0. The van der Waals surface area contributed by atoms with Crippen LogP contribution in [0.4, 0.5) is 4.79 Å². The number of ether oxygens (including phenoxy) is 2. The Hall–Kier alpha value is -2.36. The van der Waals surface area contributed by atoms with E-state index in [1.807, 2.05) is 48.5 Å². The van der Waals surface area contributed by atoms with Crippen molar-refractivity contribution < 1.29 is 19.1 Å². The number of carbonyl (C=O) groups is 2. The molecule has 0 aliphatic heterocycles. The Bertz CT molecular complexity index is 834.